The van der Waals surface area contributed by atoms with E-state index < -0.39 is 25.0 Å². The second-order valence-electron chi connectivity index (χ2n) is 2.58. The SMILES string of the molecule is CC(N)OP(=O)(O)SCC(N)C(N)=O. The van der Waals surface area contributed by atoms with Crippen molar-refractivity contribution < 1.29 is 18.8 Å². The van der Waals surface area contributed by atoms with Crippen molar-refractivity contribution in [2.24, 2.45) is 17.2 Å². The Kier molecular flexibility index (Phi) is 5.65. The third-order valence-corrected chi connectivity index (χ3v) is 4.20. The van der Waals surface area contributed by atoms with Crippen molar-refractivity contribution in [3.63, 3.8) is 0 Å². The number of primary amides is 1. The molecule has 0 radical (unpaired) electrons. The molecule has 0 aromatic rings. The van der Waals surface area contributed by atoms with Crippen LogP contribution in [0.1, 0.15) is 6.92 Å². The van der Waals surface area contributed by atoms with Crippen LogP contribution in [0.5, 0.6) is 0 Å². The van der Waals surface area contributed by atoms with Crippen molar-refractivity contribution in [3.05, 3.63) is 0 Å². The van der Waals surface area contributed by atoms with Gasteiger partial charge >= 0.3 is 6.80 Å². The lowest BCUT2D eigenvalue weighted by atomic mass is 10.4. The van der Waals surface area contributed by atoms with Gasteiger partial charge in [-0.25, -0.2) is 4.57 Å². The second-order valence-corrected chi connectivity index (χ2v) is 6.48. The molecule has 7 N–H and O–H groups in total. The minimum absolute atomic E-state index is 0.0875. The summed E-state index contributed by atoms with van der Waals surface area (Å²) in [6.07, 6.45) is -0.858. The minimum Gasteiger partial charge on any atom is -0.368 e. The van der Waals surface area contributed by atoms with E-state index in [1.165, 1.54) is 6.92 Å². The first-order valence-electron chi connectivity index (χ1n) is 3.71. The van der Waals surface area contributed by atoms with Crippen molar-refractivity contribution in [2.45, 2.75) is 19.2 Å². The largest absolute Gasteiger partial charge is 0.388 e. The summed E-state index contributed by atoms with van der Waals surface area (Å²) >= 11 is 0.527. The molecule has 0 heterocycles. The molecule has 9 heteroatoms. The van der Waals surface area contributed by atoms with Gasteiger partial charge in [-0.3, -0.25) is 9.32 Å². The van der Waals surface area contributed by atoms with Gasteiger partial charge in [0.05, 0.1) is 6.04 Å². The Morgan fingerprint density at radius 1 is 1.64 bits per heavy atom. The third kappa shape index (κ3) is 6.36. The first-order valence-corrected chi connectivity index (χ1v) is 6.87. The summed E-state index contributed by atoms with van der Waals surface area (Å²) in [5.41, 5.74) is 15.2. The molecule has 14 heavy (non-hydrogen) atoms. The molecule has 0 fully saturated rings. The summed E-state index contributed by atoms with van der Waals surface area (Å²) in [5.74, 6) is -0.825. The minimum atomic E-state index is -3.84. The topological polar surface area (TPSA) is 142 Å². The molecule has 1 amide bonds. The highest BCUT2D eigenvalue weighted by atomic mass is 32.7. The predicted molar refractivity (Wildman–Crippen MR) is 54.2 cm³/mol. The number of hydrogen-bond acceptors (Lipinski definition) is 6. The Morgan fingerprint density at radius 2 is 2.14 bits per heavy atom. The zero-order valence-electron chi connectivity index (χ0n) is 7.62. The molecule has 7 nitrogen and oxygen atoms in total. The molecule has 0 aliphatic rings. The van der Waals surface area contributed by atoms with Crippen molar-refractivity contribution in [1.29, 1.82) is 0 Å². The van der Waals surface area contributed by atoms with Crippen molar-refractivity contribution >= 4 is 24.1 Å². The highest BCUT2D eigenvalue weighted by Gasteiger charge is 2.24. The maximum atomic E-state index is 11.2. The lowest BCUT2D eigenvalue weighted by Crippen LogP contribution is -2.38. The molecular weight excluding hydrogens is 229 g/mol. The number of rotatable bonds is 6. The van der Waals surface area contributed by atoms with Gasteiger partial charge in [-0.15, -0.1) is 0 Å². The highest BCUT2D eigenvalue weighted by molar-refractivity contribution is 8.54. The van der Waals surface area contributed by atoms with Crippen LogP contribution in [0.4, 0.5) is 0 Å². The molecule has 0 aromatic heterocycles. The van der Waals surface area contributed by atoms with E-state index in [4.69, 9.17) is 22.1 Å². The summed E-state index contributed by atoms with van der Waals surface area (Å²) in [4.78, 5) is 19.6. The number of amides is 1. The normalized spacial score (nSPS) is 19.7. The Morgan fingerprint density at radius 3 is 2.50 bits per heavy atom. The molecule has 84 valence electrons. The second kappa shape index (κ2) is 5.69. The summed E-state index contributed by atoms with van der Waals surface area (Å²) in [7, 11) is 0. The van der Waals surface area contributed by atoms with Gasteiger partial charge in [-0.05, 0) is 18.3 Å². The fourth-order valence-corrected chi connectivity index (χ4v) is 3.13. The fraction of sp³-hybridized carbons (Fsp3) is 0.800. The van der Waals surface area contributed by atoms with Gasteiger partial charge in [0.25, 0.3) is 0 Å². The van der Waals surface area contributed by atoms with E-state index in [1.807, 2.05) is 0 Å². The summed E-state index contributed by atoms with van der Waals surface area (Å²) in [5, 5.41) is 0. The molecule has 0 bridgehead atoms. The maximum Gasteiger partial charge on any atom is 0.388 e. The van der Waals surface area contributed by atoms with Gasteiger partial charge in [0, 0.05) is 5.75 Å². The molecule has 0 spiro atoms. The van der Waals surface area contributed by atoms with E-state index in [0.29, 0.717) is 11.4 Å². The molecule has 0 saturated carbocycles. The number of carbonyl (C=O) groups is 1. The molecule has 3 unspecified atom stereocenters. The van der Waals surface area contributed by atoms with Gasteiger partial charge in [-0.1, -0.05) is 0 Å². The first-order chi connectivity index (χ1) is 6.24. The molecule has 0 aromatic carbocycles. The van der Waals surface area contributed by atoms with Crippen LogP contribution in [0.25, 0.3) is 0 Å². The van der Waals surface area contributed by atoms with Crippen molar-refractivity contribution in [2.75, 3.05) is 5.75 Å². The Bertz CT molecular complexity index is 249. The lowest BCUT2D eigenvalue weighted by molar-refractivity contribution is -0.118. The fourth-order valence-electron chi connectivity index (χ4n) is 0.497. The van der Waals surface area contributed by atoms with E-state index in [2.05, 4.69) is 4.52 Å². The monoisotopic (exact) mass is 243 g/mol. The molecule has 0 rings (SSSR count). The average Bonchev–Trinajstić information content (AvgIpc) is 1.97. The average molecular weight is 243 g/mol. The molecular formula is C5H14N3O4PS. The van der Waals surface area contributed by atoms with E-state index in [0.717, 1.165) is 0 Å². The van der Waals surface area contributed by atoms with Crippen LogP contribution in [0.15, 0.2) is 0 Å². The van der Waals surface area contributed by atoms with E-state index in [-0.39, 0.29) is 5.75 Å². The van der Waals surface area contributed by atoms with Gasteiger partial charge < -0.3 is 22.1 Å². The molecule has 0 aliphatic carbocycles. The summed E-state index contributed by atoms with van der Waals surface area (Å²) in [6, 6.07) is -0.975. The number of nitrogens with two attached hydrogens (primary N) is 3. The maximum absolute atomic E-state index is 11.2. The smallest absolute Gasteiger partial charge is 0.368 e. The van der Waals surface area contributed by atoms with Gasteiger partial charge in [0.2, 0.25) is 5.91 Å². The Balaban J connectivity index is 3.99. The third-order valence-electron chi connectivity index (χ3n) is 1.08. The zero-order valence-corrected chi connectivity index (χ0v) is 9.33. The predicted octanol–water partition coefficient (Wildman–Crippen LogP) is -1.05. The zero-order chi connectivity index (χ0) is 11.4. The number of carbonyl (C=O) groups excluding carboxylic acids is 1. The van der Waals surface area contributed by atoms with Crippen LogP contribution in [-0.4, -0.2) is 28.8 Å². The molecule has 0 saturated heterocycles. The summed E-state index contributed by atoms with van der Waals surface area (Å²) in [6.45, 7) is -2.42. The van der Waals surface area contributed by atoms with Gasteiger partial charge in [0.15, 0.2) is 0 Å². The van der Waals surface area contributed by atoms with Crippen LogP contribution in [0.3, 0.4) is 0 Å². The first kappa shape index (κ1) is 13.9. The Labute approximate surface area is 85.6 Å². The molecule has 0 aliphatic heterocycles. The van der Waals surface area contributed by atoms with Crippen molar-refractivity contribution in [1.82, 2.24) is 0 Å². The quantitative estimate of drug-likeness (QED) is 0.344. The van der Waals surface area contributed by atoms with Crippen LogP contribution in [-0.2, 0) is 13.9 Å². The van der Waals surface area contributed by atoms with Crippen molar-refractivity contribution in [3.8, 4) is 0 Å². The van der Waals surface area contributed by atoms with E-state index in [1.54, 1.807) is 0 Å². The highest BCUT2D eigenvalue weighted by Crippen LogP contribution is 2.56. The Hall–Kier alpha value is -0.110. The standard InChI is InChI=1S/C5H14N3O4PS/c1-3(6)12-13(10,11)14-2-4(7)5(8)9/h3-4H,2,6-7H2,1H3,(H2,8,9)(H,10,11). The summed E-state index contributed by atoms with van der Waals surface area (Å²) < 4.78 is 15.7. The van der Waals surface area contributed by atoms with Crippen LogP contribution in [0, 0.1) is 0 Å². The van der Waals surface area contributed by atoms with Crippen LogP contribution in [0.2, 0.25) is 0 Å². The van der Waals surface area contributed by atoms with Crippen LogP contribution >= 0.6 is 18.2 Å². The molecule has 3 atom stereocenters. The van der Waals surface area contributed by atoms with Gasteiger partial charge in [0.1, 0.15) is 6.23 Å². The van der Waals surface area contributed by atoms with Gasteiger partial charge in [-0.2, -0.15) is 0 Å². The lowest BCUT2D eigenvalue weighted by Gasteiger charge is -2.14. The van der Waals surface area contributed by atoms with E-state index in [9.17, 15) is 9.36 Å². The van der Waals surface area contributed by atoms with Crippen LogP contribution < -0.4 is 17.2 Å². The number of hydrogen-bond donors (Lipinski definition) is 4. The van der Waals surface area contributed by atoms with E-state index >= 15 is 0 Å².